The molecule has 104 valence electrons. The van der Waals surface area contributed by atoms with Crippen LogP contribution < -0.4 is 0 Å². The lowest BCUT2D eigenvalue weighted by Crippen LogP contribution is -2.27. The van der Waals surface area contributed by atoms with Gasteiger partial charge in [0.25, 0.3) is 0 Å². The highest BCUT2D eigenvalue weighted by molar-refractivity contribution is 6.31. The molecule has 1 aromatic carbocycles. The van der Waals surface area contributed by atoms with E-state index in [1.54, 1.807) is 4.68 Å². The molecule has 6 heteroatoms. The number of nitrogens with zero attached hydrogens (tertiary/aromatic N) is 3. The molecule has 20 heavy (non-hydrogen) atoms. The maximum Gasteiger partial charge on any atom is 0.308 e. The van der Waals surface area contributed by atoms with Crippen LogP contribution in [0.5, 0.6) is 0 Å². The third kappa shape index (κ3) is 2.54. The van der Waals surface area contributed by atoms with E-state index in [4.69, 9.17) is 16.7 Å². The minimum Gasteiger partial charge on any atom is -0.481 e. The summed E-state index contributed by atoms with van der Waals surface area (Å²) < 4.78 is 1.72. The lowest BCUT2D eigenvalue weighted by Gasteiger charge is -2.18. The zero-order valence-corrected chi connectivity index (χ0v) is 11.5. The van der Waals surface area contributed by atoms with Gasteiger partial charge in [-0.3, -0.25) is 4.79 Å². The van der Waals surface area contributed by atoms with Crippen molar-refractivity contribution >= 4 is 17.6 Å². The largest absolute Gasteiger partial charge is 0.481 e. The molecule has 2 heterocycles. The molecule has 0 saturated carbocycles. The SMILES string of the molecule is O=C(O)C1CCc2nc(Cc3ccccc3Cl)nn2C1. The first-order chi connectivity index (χ1) is 9.63. The molecule has 1 aromatic heterocycles. The molecule has 3 rings (SSSR count). The summed E-state index contributed by atoms with van der Waals surface area (Å²) in [7, 11) is 0. The monoisotopic (exact) mass is 291 g/mol. The predicted octanol–water partition coefficient (Wildman–Crippen LogP) is 2.17. The van der Waals surface area contributed by atoms with E-state index < -0.39 is 5.97 Å². The first-order valence-electron chi connectivity index (χ1n) is 6.52. The summed E-state index contributed by atoms with van der Waals surface area (Å²) in [5, 5.41) is 14.2. The van der Waals surface area contributed by atoms with Crippen LogP contribution in [0.25, 0.3) is 0 Å². The van der Waals surface area contributed by atoms with Gasteiger partial charge in [-0.25, -0.2) is 9.67 Å². The van der Waals surface area contributed by atoms with Gasteiger partial charge in [0.1, 0.15) is 5.82 Å². The molecule has 1 aliphatic rings. The highest BCUT2D eigenvalue weighted by atomic mass is 35.5. The van der Waals surface area contributed by atoms with Gasteiger partial charge in [0.2, 0.25) is 0 Å². The molecule has 0 spiro atoms. The molecule has 0 fully saturated rings. The molecule has 0 amide bonds. The number of carbonyl (C=O) groups is 1. The molecule has 0 saturated heterocycles. The van der Waals surface area contributed by atoms with Crippen molar-refractivity contribution in [3.8, 4) is 0 Å². The highest BCUT2D eigenvalue weighted by Gasteiger charge is 2.26. The van der Waals surface area contributed by atoms with Gasteiger partial charge in [-0.15, -0.1) is 0 Å². The van der Waals surface area contributed by atoms with Gasteiger partial charge in [0, 0.05) is 17.9 Å². The van der Waals surface area contributed by atoms with E-state index in [1.807, 2.05) is 24.3 Å². The van der Waals surface area contributed by atoms with E-state index in [0.717, 1.165) is 11.4 Å². The van der Waals surface area contributed by atoms with Crippen molar-refractivity contribution in [1.82, 2.24) is 14.8 Å². The molecule has 1 unspecified atom stereocenters. The van der Waals surface area contributed by atoms with E-state index >= 15 is 0 Å². The van der Waals surface area contributed by atoms with E-state index in [1.165, 1.54) is 0 Å². The van der Waals surface area contributed by atoms with Crippen LogP contribution >= 0.6 is 11.6 Å². The molecule has 0 bridgehead atoms. The number of hydrogen-bond acceptors (Lipinski definition) is 3. The van der Waals surface area contributed by atoms with Crippen molar-refractivity contribution in [2.45, 2.75) is 25.8 Å². The van der Waals surface area contributed by atoms with Crippen LogP contribution in [-0.2, 0) is 24.2 Å². The standard InChI is InChI=1S/C14H14ClN3O2/c15-11-4-2-1-3-9(11)7-12-16-13-6-5-10(14(19)20)8-18(13)17-12/h1-4,10H,5-8H2,(H,19,20). The summed E-state index contributed by atoms with van der Waals surface area (Å²) in [6.07, 6.45) is 1.85. The van der Waals surface area contributed by atoms with Gasteiger partial charge in [0.15, 0.2) is 5.82 Å². The highest BCUT2D eigenvalue weighted by Crippen LogP contribution is 2.21. The molecule has 5 nitrogen and oxygen atoms in total. The average Bonchev–Trinajstić information content (AvgIpc) is 2.82. The zero-order valence-electron chi connectivity index (χ0n) is 10.8. The van der Waals surface area contributed by atoms with Crippen LogP contribution in [0.4, 0.5) is 0 Å². The normalized spacial score (nSPS) is 17.8. The van der Waals surface area contributed by atoms with Gasteiger partial charge in [-0.2, -0.15) is 5.10 Å². The van der Waals surface area contributed by atoms with Crippen LogP contribution in [0.1, 0.15) is 23.6 Å². The number of rotatable bonds is 3. The number of fused-ring (bicyclic) bond motifs is 1. The molecule has 0 aliphatic carbocycles. The quantitative estimate of drug-likeness (QED) is 0.941. The molecular formula is C14H14ClN3O2. The van der Waals surface area contributed by atoms with Crippen LogP contribution in [-0.4, -0.2) is 25.8 Å². The molecule has 2 aromatic rings. The molecule has 0 radical (unpaired) electrons. The van der Waals surface area contributed by atoms with E-state index in [0.29, 0.717) is 36.7 Å². The molecule has 1 atom stereocenters. The number of hydrogen-bond donors (Lipinski definition) is 1. The Kier molecular flexibility index (Phi) is 3.44. The van der Waals surface area contributed by atoms with Crippen molar-refractivity contribution < 1.29 is 9.90 Å². The van der Waals surface area contributed by atoms with Crippen LogP contribution in [0, 0.1) is 5.92 Å². The van der Waals surface area contributed by atoms with Crippen LogP contribution in [0.2, 0.25) is 5.02 Å². The smallest absolute Gasteiger partial charge is 0.308 e. The fraction of sp³-hybridized carbons (Fsp3) is 0.357. The topological polar surface area (TPSA) is 68.0 Å². The number of halogens is 1. The van der Waals surface area contributed by atoms with Crippen LogP contribution in [0.3, 0.4) is 0 Å². The number of aliphatic carboxylic acids is 1. The lowest BCUT2D eigenvalue weighted by atomic mass is 10.0. The number of benzene rings is 1. The number of aromatic nitrogens is 3. The summed E-state index contributed by atoms with van der Waals surface area (Å²) in [5.74, 6) is 0.430. The van der Waals surface area contributed by atoms with Crippen molar-refractivity contribution in [1.29, 1.82) is 0 Å². The third-order valence-corrected chi connectivity index (χ3v) is 3.93. The Morgan fingerprint density at radius 1 is 1.45 bits per heavy atom. The number of aryl methyl sites for hydroxylation is 1. The van der Waals surface area contributed by atoms with E-state index in [-0.39, 0.29) is 5.92 Å². The Morgan fingerprint density at radius 2 is 2.25 bits per heavy atom. The van der Waals surface area contributed by atoms with Gasteiger partial charge in [0.05, 0.1) is 12.5 Å². The second-order valence-corrected chi connectivity index (χ2v) is 5.38. The first kappa shape index (κ1) is 13.1. The van der Waals surface area contributed by atoms with Crippen molar-refractivity contribution in [3.05, 3.63) is 46.5 Å². The third-order valence-electron chi connectivity index (χ3n) is 3.56. The van der Waals surface area contributed by atoms with Crippen molar-refractivity contribution in [2.75, 3.05) is 0 Å². The Balaban J connectivity index is 1.81. The minimum absolute atomic E-state index is 0.364. The number of carboxylic acids is 1. The minimum atomic E-state index is -0.765. The van der Waals surface area contributed by atoms with E-state index in [2.05, 4.69) is 10.1 Å². The maximum absolute atomic E-state index is 11.0. The van der Waals surface area contributed by atoms with Gasteiger partial charge in [-0.05, 0) is 18.1 Å². The molecule has 1 aliphatic heterocycles. The Hall–Kier alpha value is -1.88. The summed E-state index contributed by atoms with van der Waals surface area (Å²) in [6.45, 7) is 0.403. The van der Waals surface area contributed by atoms with Crippen molar-refractivity contribution in [3.63, 3.8) is 0 Å². The Labute approximate surface area is 121 Å². The van der Waals surface area contributed by atoms with Gasteiger partial charge >= 0.3 is 5.97 Å². The van der Waals surface area contributed by atoms with Crippen LogP contribution in [0.15, 0.2) is 24.3 Å². The fourth-order valence-corrected chi connectivity index (χ4v) is 2.65. The lowest BCUT2D eigenvalue weighted by molar-refractivity contribution is -0.142. The molecule has 1 N–H and O–H groups in total. The molecular weight excluding hydrogens is 278 g/mol. The predicted molar refractivity (Wildman–Crippen MR) is 73.7 cm³/mol. The van der Waals surface area contributed by atoms with Crippen molar-refractivity contribution in [2.24, 2.45) is 5.92 Å². The first-order valence-corrected chi connectivity index (χ1v) is 6.90. The Bertz CT molecular complexity index is 654. The summed E-state index contributed by atoms with van der Waals surface area (Å²) in [6, 6.07) is 7.60. The second-order valence-electron chi connectivity index (χ2n) is 4.97. The fourth-order valence-electron chi connectivity index (χ4n) is 2.45. The Morgan fingerprint density at radius 3 is 3.00 bits per heavy atom. The summed E-state index contributed by atoms with van der Waals surface area (Å²) in [5.41, 5.74) is 0.979. The van der Waals surface area contributed by atoms with E-state index in [9.17, 15) is 4.79 Å². The summed E-state index contributed by atoms with van der Waals surface area (Å²) in [4.78, 5) is 15.5. The average molecular weight is 292 g/mol. The van der Waals surface area contributed by atoms with Gasteiger partial charge in [-0.1, -0.05) is 29.8 Å². The number of carboxylic acid groups (broad SMARTS) is 1. The van der Waals surface area contributed by atoms with Gasteiger partial charge < -0.3 is 5.11 Å². The second kappa shape index (κ2) is 5.25. The zero-order chi connectivity index (χ0) is 14.1. The maximum atomic E-state index is 11.0. The summed E-state index contributed by atoms with van der Waals surface area (Å²) >= 11 is 6.13.